The van der Waals surface area contributed by atoms with Gasteiger partial charge in [-0.1, -0.05) is 32.8 Å². The molecule has 0 saturated heterocycles. The van der Waals surface area contributed by atoms with E-state index in [1.807, 2.05) is 0 Å². The molecule has 1 saturated carbocycles. The Morgan fingerprint density at radius 1 is 1.50 bits per heavy atom. The second-order valence-electron chi connectivity index (χ2n) is 4.95. The number of carboxylic acids is 1. The van der Waals surface area contributed by atoms with E-state index in [1.165, 1.54) is 12.8 Å². The quantitative estimate of drug-likeness (QED) is 0.730. The first kappa shape index (κ1) is 13.2. The summed E-state index contributed by atoms with van der Waals surface area (Å²) in [7, 11) is 0. The molecule has 1 fully saturated rings. The molecule has 1 aliphatic carbocycles. The molecule has 1 aliphatic rings. The van der Waals surface area contributed by atoms with Crippen molar-refractivity contribution in [2.45, 2.75) is 39.2 Å². The van der Waals surface area contributed by atoms with Crippen LogP contribution in [0.15, 0.2) is 12.7 Å². The normalized spacial score (nSPS) is 30.3. The molecule has 0 aromatic carbocycles. The highest BCUT2D eigenvalue weighted by atomic mass is 16.4. The lowest BCUT2D eigenvalue weighted by atomic mass is 9.77. The Morgan fingerprint density at radius 3 is 2.75 bits per heavy atom. The van der Waals surface area contributed by atoms with Crippen LogP contribution >= 0.6 is 0 Å². The van der Waals surface area contributed by atoms with Crippen molar-refractivity contribution in [2.75, 3.05) is 13.1 Å². The predicted molar refractivity (Wildman–Crippen MR) is 65.4 cm³/mol. The third kappa shape index (κ3) is 3.34. The summed E-state index contributed by atoms with van der Waals surface area (Å²) in [6, 6.07) is 0.401. The van der Waals surface area contributed by atoms with Crippen LogP contribution in [-0.2, 0) is 4.79 Å². The fraction of sp³-hybridized carbons (Fsp3) is 0.769. The maximum atomic E-state index is 10.8. The molecule has 3 heteroatoms. The average molecular weight is 225 g/mol. The van der Waals surface area contributed by atoms with Gasteiger partial charge in [0, 0.05) is 12.6 Å². The number of hydrogen-bond acceptors (Lipinski definition) is 2. The van der Waals surface area contributed by atoms with Crippen LogP contribution in [0, 0.1) is 11.8 Å². The van der Waals surface area contributed by atoms with Gasteiger partial charge in [0.15, 0.2) is 0 Å². The van der Waals surface area contributed by atoms with E-state index in [2.05, 4.69) is 25.3 Å². The molecule has 3 nitrogen and oxygen atoms in total. The molecular weight excluding hydrogens is 202 g/mol. The van der Waals surface area contributed by atoms with Gasteiger partial charge in [-0.05, 0) is 18.3 Å². The lowest BCUT2D eigenvalue weighted by Gasteiger charge is -2.40. The molecule has 0 bridgehead atoms. The van der Waals surface area contributed by atoms with Crippen LogP contribution in [0.5, 0.6) is 0 Å². The largest absolute Gasteiger partial charge is 0.480 e. The minimum absolute atomic E-state index is 0.133. The molecule has 3 atom stereocenters. The summed E-state index contributed by atoms with van der Waals surface area (Å²) >= 11 is 0. The Kier molecular flexibility index (Phi) is 5.00. The summed E-state index contributed by atoms with van der Waals surface area (Å²) in [6.45, 7) is 9.03. The summed E-state index contributed by atoms with van der Waals surface area (Å²) in [5.41, 5.74) is 0. The third-order valence-electron chi connectivity index (χ3n) is 3.83. The molecule has 1 N–H and O–H groups in total. The van der Waals surface area contributed by atoms with Crippen LogP contribution in [-0.4, -0.2) is 35.1 Å². The van der Waals surface area contributed by atoms with Gasteiger partial charge >= 0.3 is 5.97 Å². The van der Waals surface area contributed by atoms with E-state index in [1.54, 1.807) is 6.08 Å². The highest BCUT2D eigenvalue weighted by Gasteiger charge is 2.31. The Bertz CT molecular complexity index is 252. The smallest absolute Gasteiger partial charge is 0.317 e. The number of aliphatic carboxylic acids is 1. The molecule has 0 amide bonds. The van der Waals surface area contributed by atoms with Crippen molar-refractivity contribution in [3.05, 3.63) is 12.7 Å². The van der Waals surface area contributed by atoms with Crippen LogP contribution in [0.3, 0.4) is 0 Å². The molecule has 0 spiro atoms. The Labute approximate surface area is 98.1 Å². The van der Waals surface area contributed by atoms with Gasteiger partial charge in [-0.15, -0.1) is 6.58 Å². The lowest BCUT2D eigenvalue weighted by Crippen LogP contribution is -2.46. The number of carboxylic acid groups (broad SMARTS) is 1. The van der Waals surface area contributed by atoms with E-state index in [0.29, 0.717) is 24.4 Å². The topological polar surface area (TPSA) is 40.5 Å². The molecule has 16 heavy (non-hydrogen) atoms. The molecule has 0 aromatic heterocycles. The molecule has 1 rings (SSSR count). The summed E-state index contributed by atoms with van der Waals surface area (Å²) in [5.74, 6) is 0.528. The van der Waals surface area contributed by atoms with E-state index in [9.17, 15) is 4.79 Å². The lowest BCUT2D eigenvalue weighted by molar-refractivity contribution is -0.139. The molecule has 0 aromatic rings. The number of carbonyl (C=O) groups is 1. The first-order valence-electron chi connectivity index (χ1n) is 6.13. The number of hydrogen-bond donors (Lipinski definition) is 1. The van der Waals surface area contributed by atoms with Crippen LogP contribution in [0.25, 0.3) is 0 Å². The fourth-order valence-corrected chi connectivity index (χ4v) is 2.73. The van der Waals surface area contributed by atoms with Crippen molar-refractivity contribution >= 4 is 5.97 Å². The Morgan fingerprint density at radius 2 is 2.19 bits per heavy atom. The molecule has 0 radical (unpaired) electrons. The van der Waals surface area contributed by atoms with E-state index in [4.69, 9.17) is 5.11 Å². The van der Waals surface area contributed by atoms with Crippen LogP contribution in [0.4, 0.5) is 0 Å². The van der Waals surface area contributed by atoms with E-state index in [-0.39, 0.29) is 6.54 Å². The van der Waals surface area contributed by atoms with Crippen molar-refractivity contribution in [1.82, 2.24) is 4.90 Å². The van der Waals surface area contributed by atoms with Crippen LogP contribution in [0.2, 0.25) is 0 Å². The maximum Gasteiger partial charge on any atom is 0.317 e. The van der Waals surface area contributed by atoms with Crippen molar-refractivity contribution in [3.8, 4) is 0 Å². The first-order valence-corrected chi connectivity index (χ1v) is 6.13. The van der Waals surface area contributed by atoms with Gasteiger partial charge in [-0.25, -0.2) is 0 Å². The molecule has 92 valence electrons. The average Bonchev–Trinajstić information content (AvgIpc) is 2.21. The second-order valence-corrected chi connectivity index (χ2v) is 4.95. The molecule has 0 aliphatic heterocycles. The van der Waals surface area contributed by atoms with Gasteiger partial charge < -0.3 is 5.11 Å². The minimum Gasteiger partial charge on any atom is -0.480 e. The van der Waals surface area contributed by atoms with E-state index < -0.39 is 5.97 Å². The molecule has 3 unspecified atom stereocenters. The van der Waals surface area contributed by atoms with Crippen LogP contribution < -0.4 is 0 Å². The van der Waals surface area contributed by atoms with Crippen molar-refractivity contribution in [2.24, 2.45) is 11.8 Å². The summed E-state index contributed by atoms with van der Waals surface area (Å²) in [6.07, 6.45) is 5.40. The Balaban J connectivity index is 2.67. The predicted octanol–water partition coefficient (Wildman–Crippen LogP) is 2.38. The van der Waals surface area contributed by atoms with E-state index in [0.717, 1.165) is 6.42 Å². The van der Waals surface area contributed by atoms with Gasteiger partial charge in [0.2, 0.25) is 0 Å². The van der Waals surface area contributed by atoms with Crippen molar-refractivity contribution < 1.29 is 9.90 Å². The first-order chi connectivity index (χ1) is 7.56. The second kappa shape index (κ2) is 6.04. The SMILES string of the molecule is C=CCN(CC(=O)O)C1CCCC(C)C1C. The highest BCUT2D eigenvalue weighted by Crippen LogP contribution is 2.32. The molecule has 0 heterocycles. The zero-order valence-corrected chi connectivity index (χ0v) is 10.4. The number of rotatable bonds is 5. The van der Waals surface area contributed by atoms with Gasteiger partial charge in [0.1, 0.15) is 0 Å². The van der Waals surface area contributed by atoms with Crippen LogP contribution in [0.1, 0.15) is 33.1 Å². The summed E-state index contributed by atoms with van der Waals surface area (Å²) in [5, 5.41) is 8.92. The number of nitrogens with zero attached hydrogens (tertiary/aromatic N) is 1. The standard InChI is InChI=1S/C13H23NO2/c1-4-8-14(9-13(15)16)12-7-5-6-10(2)11(12)3/h4,10-12H,1,5-9H2,2-3H3,(H,15,16). The Hall–Kier alpha value is -0.830. The monoisotopic (exact) mass is 225 g/mol. The molecular formula is C13H23NO2. The van der Waals surface area contributed by atoms with Gasteiger partial charge in [0.25, 0.3) is 0 Å². The maximum absolute atomic E-state index is 10.8. The zero-order chi connectivity index (χ0) is 12.1. The van der Waals surface area contributed by atoms with Gasteiger partial charge in [0.05, 0.1) is 6.54 Å². The van der Waals surface area contributed by atoms with Crippen molar-refractivity contribution in [3.63, 3.8) is 0 Å². The minimum atomic E-state index is -0.743. The summed E-state index contributed by atoms with van der Waals surface area (Å²) < 4.78 is 0. The third-order valence-corrected chi connectivity index (χ3v) is 3.83. The van der Waals surface area contributed by atoms with Gasteiger partial charge in [-0.3, -0.25) is 9.69 Å². The van der Waals surface area contributed by atoms with Gasteiger partial charge in [-0.2, -0.15) is 0 Å². The summed E-state index contributed by atoms with van der Waals surface area (Å²) in [4.78, 5) is 12.9. The highest BCUT2D eigenvalue weighted by molar-refractivity contribution is 5.69. The van der Waals surface area contributed by atoms with E-state index >= 15 is 0 Å². The fourth-order valence-electron chi connectivity index (χ4n) is 2.73. The zero-order valence-electron chi connectivity index (χ0n) is 10.4. The van der Waals surface area contributed by atoms with Crippen molar-refractivity contribution in [1.29, 1.82) is 0 Å².